The summed E-state index contributed by atoms with van der Waals surface area (Å²) in [5, 5.41) is 0. The molecule has 0 aliphatic rings. The molecule has 0 aromatic carbocycles. The highest BCUT2D eigenvalue weighted by Gasteiger charge is 2.13. The van der Waals surface area contributed by atoms with E-state index < -0.39 is 11.6 Å². The van der Waals surface area contributed by atoms with Crippen LogP contribution in [-0.4, -0.2) is 18.6 Å². The van der Waals surface area contributed by atoms with Gasteiger partial charge in [-0.1, -0.05) is 0 Å². The summed E-state index contributed by atoms with van der Waals surface area (Å²) in [5.41, 5.74) is 2.06. The molecule has 0 saturated carbocycles. The van der Waals surface area contributed by atoms with Gasteiger partial charge in [-0.25, -0.2) is 19.6 Å². The number of halogens is 2. The van der Waals surface area contributed by atoms with Crippen molar-refractivity contribution in [1.29, 1.82) is 0 Å². The number of hydrazine groups is 1. The predicted molar refractivity (Wildman–Crippen MR) is 50.9 cm³/mol. The first-order valence-electron chi connectivity index (χ1n) is 4.14. The van der Waals surface area contributed by atoms with Crippen LogP contribution < -0.4 is 16.2 Å². The van der Waals surface area contributed by atoms with E-state index in [9.17, 15) is 8.78 Å². The summed E-state index contributed by atoms with van der Waals surface area (Å²) in [4.78, 5) is 5.25. The lowest BCUT2D eigenvalue weighted by Gasteiger charge is -2.17. The van der Waals surface area contributed by atoms with Crippen LogP contribution in [0.25, 0.3) is 0 Å². The van der Waals surface area contributed by atoms with Crippen LogP contribution in [-0.2, 0) is 0 Å². The molecule has 0 radical (unpaired) electrons. The summed E-state index contributed by atoms with van der Waals surface area (Å²) >= 11 is 0. The maximum absolute atomic E-state index is 13.2. The van der Waals surface area contributed by atoms with Crippen LogP contribution in [0.5, 0.6) is 0 Å². The molecule has 0 atom stereocenters. The summed E-state index contributed by atoms with van der Waals surface area (Å²) in [6, 6.07) is 0.754. The zero-order chi connectivity index (χ0) is 10.7. The van der Waals surface area contributed by atoms with Crippen LogP contribution in [0.4, 0.5) is 20.4 Å². The Morgan fingerprint density at radius 3 is 2.64 bits per heavy atom. The third kappa shape index (κ3) is 1.90. The number of nitrogens with two attached hydrogens (primary N) is 1. The molecule has 1 aromatic heterocycles. The van der Waals surface area contributed by atoms with E-state index in [0.717, 1.165) is 6.07 Å². The molecule has 0 saturated heterocycles. The first kappa shape index (κ1) is 10.6. The second-order valence-electron chi connectivity index (χ2n) is 2.78. The van der Waals surface area contributed by atoms with Crippen LogP contribution in [0.1, 0.15) is 6.92 Å². The largest absolute Gasteiger partial charge is 0.357 e. The van der Waals surface area contributed by atoms with Crippen molar-refractivity contribution in [2.75, 3.05) is 23.9 Å². The van der Waals surface area contributed by atoms with Crippen LogP contribution in [0.2, 0.25) is 0 Å². The van der Waals surface area contributed by atoms with E-state index in [1.807, 2.05) is 6.92 Å². The van der Waals surface area contributed by atoms with E-state index >= 15 is 0 Å². The van der Waals surface area contributed by atoms with E-state index in [2.05, 4.69) is 10.4 Å². The normalized spacial score (nSPS) is 10.1. The van der Waals surface area contributed by atoms with Gasteiger partial charge in [-0.3, -0.25) is 0 Å². The van der Waals surface area contributed by atoms with E-state index in [-0.39, 0.29) is 11.6 Å². The Morgan fingerprint density at radius 2 is 2.14 bits per heavy atom. The molecule has 0 aliphatic heterocycles. The van der Waals surface area contributed by atoms with Crippen molar-refractivity contribution in [2.45, 2.75) is 6.92 Å². The number of nitrogens with zero attached hydrogens (tertiary/aromatic N) is 2. The summed E-state index contributed by atoms with van der Waals surface area (Å²) in [6.45, 7) is 2.40. The number of anilines is 2. The molecule has 6 heteroatoms. The zero-order valence-electron chi connectivity index (χ0n) is 8.01. The quantitative estimate of drug-likeness (QED) is 0.569. The highest BCUT2D eigenvalue weighted by atomic mass is 19.1. The molecule has 1 heterocycles. The van der Waals surface area contributed by atoms with Gasteiger partial charge in [-0.15, -0.1) is 0 Å². The molecule has 4 nitrogen and oxygen atoms in total. The summed E-state index contributed by atoms with van der Waals surface area (Å²) in [5.74, 6) is 3.41. The Balaban J connectivity index is 3.17. The molecule has 0 amide bonds. The first-order valence-corrected chi connectivity index (χ1v) is 4.14. The van der Waals surface area contributed by atoms with Crippen molar-refractivity contribution in [3.05, 3.63) is 17.7 Å². The molecule has 78 valence electrons. The Morgan fingerprint density at radius 1 is 1.50 bits per heavy atom. The SMILES string of the molecule is CCN(C)c1nc(NN)c(F)cc1F. The molecule has 0 aliphatic carbocycles. The third-order valence-electron chi connectivity index (χ3n) is 1.88. The fourth-order valence-electron chi connectivity index (χ4n) is 0.976. The van der Waals surface area contributed by atoms with Crippen molar-refractivity contribution >= 4 is 11.6 Å². The molecule has 0 unspecified atom stereocenters. The van der Waals surface area contributed by atoms with Gasteiger partial charge >= 0.3 is 0 Å². The van der Waals surface area contributed by atoms with Gasteiger partial charge in [0, 0.05) is 19.7 Å². The van der Waals surface area contributed by atoms with Gasteiger partial charge in [0.05, 0.1) is 0 Å². The maximum atomic E-state index is 13.2. The highest BCUT2D eigenvalue weighted by Crippen LogP contribution is 2.20. The third-order valence-corrected chi connectivity index (χ3v) is 1.88. The number of aromatic nitrogens is 1. The minimum Gasteiger partial charge on any atom is -0.357 e. The lowest BCUT2D eigenvalue weighted by atomic mass is 10.4. The lowest BCUT2D eigenvalue weighted by molar-refractivity contribution is 0.573. The highest BCUT2D eigenvalue weighted by molar-refractivity contribution is 5.48. The molecule has 3 N–H and O–H groups in total. The summed E-state index contributed by atoms with van der Waals surface area (Å²) in [7, 11) is 1.66. The number of hydrogen-bond acceptors (Lipinski definition) is 4. The first-order chi connectivity index (χ1) is 6.60. The smallest absolute Gasteiger partial charge is 0.178 e. The molecule has 14 heavy (non-hydrogen) atoms. The fourth-order valence-corrected chi connectivity index (χ4v) is 0.976. The Bertz CT molecular complexity index is 329. The van der Waals surface area contributed by atoms with Crippen molar-refractivity contribution < 1.29 is 8.78 Å². The molecule has 0 bridgehead atoms. The van der Waals surface area contributed by atoms with E-state index in [0.29, 0.717) is 6.54 Å². The summed E-state index contributed by atoms with van der Waals surface area (Å²) < 4.78 is 26.1. The Labute approximate surface area is 80.7 Å². The monoisotopic (exact) mass is 202 g/mol. The van der Waals surface area contributed by atoms with Gasteiger partial charge in [-0.05, 0) is 6.92 Å². The van der Waals surface area contributed by atoms with E-state index in [1.54, 1.807) is 11.9 Å². The second kappa shape index (κ2) is 4.19. The molecule has 1 aromatic rings. The number of rotatable bonds is 3. The average molecular weight is 202 g/mol. The lowest BCUT2D eigenvalue weighted by Crippen LogP contribution is -2.21. The van der Waals surface area contributed by atoms with Gasteiger partial charge in [-0.2, -0.15) is 0 Å². The average Bonchev–Trinajstić information content (AvgIpc) is 2.17. The van der Waals surface area contributed by atoms with Crippen molar-refractivity contribution in [2.24, 2.45) is 5.84 Å². The molecule has 0 fully saturated rings. The number of nitrogens with one attached hydrogen (secondary N) is 1. The Hall–Kier alpha value is -1.43. The van der Waals surface area contributed by atoms with Crippen molar-refractivity contribution in [3.8, 4) is 0 Å². The van der Waals surface area contributed by atoms with E-state index in [4.69, 9.17) is 5.84 Å². The fraction of sp³-hybridized carbons (Fsp3) is 0.375. The number of hydrogen-bond donors (Lipinski definition) is 2. The zero-order valence-corrected chi connectivity index (χ0v) is 8.01. The standard InChI is InChI=1S/C8H12F2N4/c1-3-14(2)8-6(10)4-5(9)7(12-8)13-11/h4H,3,11H2,1-2H3,(H,12,13). The van der Waals surface area contributed by atoms with E-state index in [1.165, 1.54) is 0 Å². The topological polar surface area (TPSA) is 54.2 Å². The molecular formula is C8H12F2N4. The van der Waals surface area contributed by atoms with Crippen LogP contribution in [0, 0.1) is 11.6 Å². The van der Waals surface area contributed by atoms with Gasteiger partial charge < -0.3 is 10.3 Å². The number of pyridine rings is 1. The van der Waals surface area contributed by atoms with Gasteiger partial charge in [0.1, 0.15) is 0 Å². The van der Waals surface area contributed by atoms with Gasteiger partial charge in [0.15, 0.2) is 23.3 Å². The molecule has 1 rings (SSSR count). The summed E-state index contributed by atoms with van der Waals surface area (Å²) in [6.07, 6.45) is 0. The minimum atomic E-state index is -0.807. The maximum Gasteiger partial charge on any atom is 0.178 e. The van der Waals surface area contributed by atoms with Crippen molar-refractivity contribution in [1.82, 2.24) is 4.98 Å². The van der Waals surface area contributed by atoms with Gasteiger partial charge in [0.2, 0.25) is 0 Å². The number of nitrogen functional groups attached to an aromatic ring is 1. The Kier molecular flexibility index (Phi) is 3.19. The molecular weight excluding hydrogens is 190 g/mol. The minimum absolute atomic E-state index is 0.0712. The predicted octanol–water partition coefficient (Wildman–Crippen LogP) is 1.10. The van der Waals surface area contributed by atoms with Gasteiger partial charge in [0.25, 0.3) is 0 Å². The van der Waals surface area contributed by atoms with Crippen LogP contribution in [0.3, 0.4) is 0 Å². The molecule has 0 spiro atoms. The second-order valence-corrected chi connectivity index (χ2v) is 2.78. The van der Waals surface area contributed by atoms with Crippen LogP contribution >= 0.6 is 0 Å². The van der Waals surface area contributed by atoms with Crippen LogP contribution in [0.15, 0.2) is 6.07 Å². The van der Waals surface area contributed by atoms with Crippen molar-refractivity contribution in [3.63, 3.8) is 0 Å².